The number of carbonyl (C=O) groups is 2. The Balaban J connectivity index is 1.62. The molecule has 2 saturated heterocycles. The Labute approximate surface area is 154 Å². The maximum atomic E-state index is 12.8. The molecule has 2 fully saturated rings. The first kappa shape index (κ1) is 18.6. The van der Waals surface area contributed by atoms with Crippen LogP contribution in [0.5, 0.6) is 0 Å². The molecule has 2 heterocycles. The van der Waals surface area contributed by atoms with E-state index in [0.717, 1.165) is 5.56 Å². The van der Waals surface area contributed by atoms with Gasteiger partial charge in [-0.05, 0) is 12.0 Å². The summed E-state index contributed by atoms with van der Waals surface area (Å²) < 4.78 is 5.31. The van der Waals surface area contributed by atoms with E-state index in [0.29, 0.717) is 52.4 Å². The fraction of sp³-hybridized carbons (Fsp3) is 0.500. The summed E-state index contributed by atoms with van der Waals surface area (Å²) >= 11 is 0. The van der Waals surface area contributed by atoms with Crippen LogP contribution in [-0.2, 0) is 14.3 Å². The van der Waals surface area contributed by atoms with Crippen LogP contribution in [0.25, 0.3) is 6.08 Å². The van der Waals surface area contributed by atoms with Gasteiger partial charge in [0.25, 0.3) is 0 Å². The standard InChI is InChI=1S/C20H26N2O4/c23-19(22-9-11-26-12-10-22)17-13-18(20(24)25)15-21(14-17)8-4-7-16-5-2-1-3-6-16/h1-7,17-18H,8-15H2,(H,24,25)/t17-,18+/m1/s1. The van der Waals surface area contributed by atoms with Crippen molar-refractivity contribution in [2.45, 2.75) is 6.42 Å². The summed E-state index contributed by atoms with van der Waals surface area (Å²) in [6, 6.07) is 9.99. The number of carbonyl (C=O) groups excluding carboxylic acids is 1. The van der Waals surface area contributed by atoms with Gasteiger partial charge in [-0.15, -0.1) is 0 Å². The SMILES string of the molecule is O=C(O)[C@H]1C[C@@H](C(=O)N2CCOCC2)CN(CC=Cc2ccccc2)C1. The molecule has 0 unspecified atom stereocenters. The highest BCUT2D eigenvalue weighted by molar-refractivity contribution is 5.80. The van der Waals surface area contributed by atoms with Crippen molar-refractivity contribution >= 4 is 18.0 Å². The van der Waals surface area contributed by atoms with E-state index in [4.69, 9.17) is 4.74 Å². The van der Waals surface area contributed by atoms with Crippen molar-refractivity contribution in [3.63, 3.8) is 0 Å². The average Bonchev–Trinajstić information content (AvgIpc) is 2.68. The predicted octanol–water partition coefficient (Wildman–Crippen LogP) is 1.58. The Morgan fingerprint density at radius 2 is 1.81 bits per heavy atom. The average molecular weight is 358 g/mol. The van der Waals surface area contributed by atoms with Gasteiger partial charge in [-0.25, -0.2) is 0 Å². The summed E-state index contributed by atoms with van der Waals surface area (Å²) in [7, 11) is 0. The monoisotopic (exact) mass is 358 g/mol. The first-order chi connectivity index (χ1) is 12.6. The van der Waals surface area contributed by atoms with Crippen molar-refractivity contribution in [3.05, 3.63) is 42.0 Å². The Morgan fingerprint density at radius 1 is 1.12 bits per heavy atom. The normalized spacial score (nSPS) is 24.7. The topological polar surface area (TPSA) is 70.1 Å². The molecule has 0 radical (unpaired) electrons. The minimum Gasteiger partial charge on any atom is -0.481 e. The summed E-state index contributed by atoms with van der Waals surface area (Å²) in [5, 5.41) is 9.48. The fourth-order valence-electron chi connectivity index (χ4n) is 3.64. The molecular weight excluding hydrogens is 332 g/mol. The summed E-state index contributed by atoms with van der Waals surface area (Å²) in [5.41, 5.74) is 1.11. The first-order valence-electron chi connectivity index (χ1n) is 9.17. The molecule has 6 heteroatoms. The van der Waals surface area contributed by atoms with Crippen LogP contribution >= 0.6 is 0 Å². The molecule has 0 aromatic heterocycles. The van der Waals surface area contributed by atoms with Gasteiger partial charge in [-0.2, -0.15) is 0 Å². The number of rotatable bonds is 5. The Hall–Kier alpha value is -2.18. The first-order valence-corrected chi connectivity index (χ1v) is 9.17. The fourth-order valence-corrected chi connectivity index (χ4v) is 3.64. The van der Waals surface area contributed by atoms with Crippen LogP contribution < -0.4 is 0 Å². The highest BCUT2D eigenvalue weighted by atomic mass is 16.5. The van der Waals surface area contributed by atoms with E-state index in [1.807, 2.05) is 47.4 Å². The maximum Gasteiger partial charge on any atom is 0.307 e. The minimum absolute atomic E-state index is 0.0660. The van der Waals surface area contributed by atoms with E-state index in [-0.39, 0.29) is 11.8 Å². The summed E-state index contributed by atoms with van der Waals surface area (Å²) in [5.74, 6) is -1.50. The van der Waals surface area contributed by atoms with E-state index in [1.165, 1.54) is 0 Å². The third-order valence-electron chi connectivity index (χ3n) is 5.02. The lowest BCUT2D eigenvalue weighted by Gasteiger charge is -2.38. The lowest BCUT2D eigenvalue weighted by atomic mass is 9.88. The quantitative estimate of drug-likeness (QED) is 0.865. The number of carboxylic acids is 1. The van der Waals surface area contributed by atoms with E-state index >= 15 is 0 Å². The van der Waals surface area contributed by atoms with Crippen LogP contribution in [0.4, 0.5) is 0 Å². The number of morpholine rings is 1. The van der Waals surface area contributed by atoms with Gasteiger partial charge >= 0.3 is 5.97 Å². The van der Waals surface area contributed by atoms with Crippen LogP contribution in [0.3, 0.4) is 0 Å². The number of hydrogen-bond acceptors (Lipinski definition) is 4. The molecule has 0 aliphatic carbocycles. The number of aliphatic carboxylic acids is 1. The van der Waals surface area contributed by atoms with Crippen LogP contribution in [-0.4, -0.2) is 72.7 Å². The second kappa shape index (κ2) is 8.96. The molecule has 3 rings (SSSR count). The molecule has 1 aromatic rings. The largest absolute Gasteiger partial charge is 0.481 e. The number of ether oxygens (including phenoxy) is 1. The molecule has 140 valence electrons. The van der Waals surface area contributed by atoms with Gasteiger partial charge in [-0.3, -0.25) is 14.5 Å². The Morgan fingerprint density at radius 3 is 2.50 bits per heavy atom. The van der Waals surface area contributed by atoms with E-state index in [1.54, 1.807) is 0 Å². The van der Waals surface area contributed by atoms with Crippen molar-refractivity contribution in [3.8, 4) is 0 Å². The van der Waals surface area contributed by atoms with Gasteiger partial charge < -0.3 is 14.7 Å². The van der Waals surface area contributed by atoms with Gasteiger partial charge in [-0.1, -0.05) is 42.5 Å². The second-order valence-corrected chi connectivity index (χ2v) is 6.94. The smallest absolute Gasteiger partial charge is 0.307 e. The minimum atomic E-state index is -0.818. The highest BCUT2D eigenvalue weighted by Crippen LogP contribution is 2.24. The third kappa shape index (κ3) is 4.93. The molecule has 0 saturated carbocycles. The molecular formula is C20H26N2O4. The van der Waals surface area contributed by atoms with Gasteiger partial charge in [0.1, 0.15) is 0 Å². The number of likely N-dealkylation sites (tertiary alicyclic amines) is 1. The van der Waals surface area contributed by atoms with Crippen molar-refractivity contribution in [2.24, 2.45) is 11.8 Å². The number of benzene rings is 1. The van der Waals surface area contributed by atoms with Gasteiger partial charge in [0.05, 0.1) is 25.0 Å². The molecule has 1 aromatic carbocycles. The van der Waals surface area contributed by atoms with E-state index in [2.05, 4.69) is 4.90 Å². The molecule has 26 heavy (non-hydrogen) atoms. The number of piperidine rings is 1. The number of hydrogen-bond donors (Lipinski definition) is 1. The van der Waals surface area contributed by atoms with Crippen molar-refractivity contribution in [1.82, 2.24) is 9.80 Å². The Kier molecular flexibility index (Phi) is 6.41. The highest BCUT2D eigenvalue weighted by Gasteiger charge is 2.36. The molecule has 0 spiro atoms. The van der Waals surface area contributed by atoms with Gasteiger partial charge in [0, 0.05) is 32.7 Å². The van der Waals surface area contributed by atoms with Crippen LogP contribution in [0.15, 0.2) is 36.4 Å². The molecule has 1 amide bonds. The van der Waals surface area contributed by atoms with Crippen LogP contribution in [0, 0.1) is 11.8 Å². The maximum absolute atomic E-state index is 12.8. The lowest BCUT2D eigenvalue weighted by molar-refractivity contribution is -0.148. The van der Waals surface area contributed by atoms with Gasteiger partial charge in [0.15, 0.2) is 0 Å². The lowest BCUT2D eigenvalue weighted by Crippen LogP contribution is -2.51. The van der Waals surface area contributed by atoms with Crippen molar-refractivity contribution in [1.29, 1.82) is 0 Å². The summed E-state index contributed by atoms with van der Waals surface area (Å²) in [6.07, 6.45) is 4.49. The summed E-state index contributed by atoms with van der Waals surface area (Å²) in [4.78, 5) is 28.2. The molecule has 1 N–H and O–H groups in total. The molecule has 6 nitrogen and oxygen atoms in total. The Bertz CT molecular complexity index is 640. The van der Waals surface area contributed by atoms with Crippen LogP contribution in [0.2, 0.25) is 0 Å². The zero-order chi connectivity index (χ0) is 18.4. The molecule has 2 aliphatic rings. The number of nitrogens with zero attached hydrogens (tertiary/aromatic N) is 2. The molecule has 0 bridgehead atoms. The van der Waals surface area contributed by atoms with Crippen molar-refractivity contribution < 1.29 is 19.4 Å². The zero-order valence-electron chi connectivity index (χ0n) is 14.9. The second-order valence-electron chi connectivity index (χ2n) is 6.94. The number of amides is 1. The molecule has 2 aliphatic heterocycles. The zero-order valence-corrected chi connectivity index (χ0v) is 14.9. The van der Waals surface area contributed by atoms with Crippen LogP contribution in [0.1, 0.15) is 12.0 Å². The van der Waals surface area contributed by atoms with Crippen molar-refractivity contribution in [2.75, 3.05) is 45.9 Å². The molecule has 2 atom stereocenters. The van der Waals surface area contributed by atoms with E-state index in [9.17, 15) is 14.7 Å². The number of carboxylic acid groups (broad SMARTS) is 1. The summed E-state index contributed by atoms with van der Waals surface area (Å²) in [6.45, 7) is 4.06. The third-order valence-corrected chi connectivity index (χ3v) is 5.02. The van der Waals surface area contributed by atoms with E-state index < -0.39 is 11.9 Å². The van der Waals surface area contributed by atoms with Gasteiger partial charge in [0.2, 0.25) is 5.91 Å². The predicted molar refractivity (Wildman–Crippen MR) is 98.5 cm³/mol.